The summed E-state index contributed by atoms with van der Waals surface area (Å²) in [4.78, 5) is 11.1. The monoisotopic (exact) mass is 366 g/mol. The lowest BCUT2D eigenvalue weighted by molar-refractivity contribution is 0.137. The summed E-state index contributed by atoms with van der Waals surface area (Å²) in [5, 5.41) is 3.75. The number of rotatable bonds is 5. The molecule has 1 N–H and O–H groups in total. The maximum atomic E-state index is 6.20. The fraction of sp³-hybridized carbons (Fsp3) is 0.545. The van der Waals surface area contributed by atoms with Crippen LogP contribution in [0.3, 0.4) is 0 Å². The van der Waals surface area contributed by atoms with E-state index in [0.717, 1.165) is 62.6 Å². The summed E-state index contributed by atoms with van der Waals surface area (Å²) in [6.07, 6.45) is 5.90. The number of piperidine rings is 1. The molecule has 2 aliphatic heterocycles. The second-order valence-corrected chi connectivity index (χ2v) is 8.31. The lowest BCUT2D eigenvalue weighted by Gasteiger charge is -2.33. The van der Waals surface area contributed by atoms with E-state index in [1.807, 2.05) is 0 Å². The topological polar surface area (TPSA) is 50.3 Å². The first-order valence-electron chi connectivity index (χ1n) is 10.1. The van der Waals surface area contributed by atoms with Crippen molar-refractivity contribution < 1.29 is 4.74 Å². The van der Waals surface area contributed by atoms with E-state index < -0.39 is 0 Å². The van der Waals surface area contributed by atoms with Gasteiger partial charge in [0.1, 0.15) is 23.5 Å². The van der Waals surface area contributed by atoms with Gasteiger partial charge in [0.2, 0.25) is 0 Å². The van der Waals surface area contributed by atoms with E-state index >= 15 is 0 Å². The molecule has 2 aromatic rings. The Balaban J connectivity index is 1.33. The predicted molar refractivity (Wildman–Crippen MR) is 108 cm³/mol. The van der Waals surface area contributed by atoms with Crippen LogP contribution in [-0.2, 0) is 19.4 Å². The van der Waals surface area contributed by atoms with Gasteiger partial charge >= 0.3 is 0 Å². The summed E-state index contributed by atoms with van der Waals surface area (Å²) in [6, 6.07) is 9.21. The zero-order valence-corrected chi connectivity index (χ0v) is 16.7. The van der Waals surface area contributed by atoms with Crippen LogP contribution in [0.25, 0.3) is 0 Å². The van der Waals surface area contributed by atoms with Crippen molar-refractivity contribution in [2.45, 2.75) is 64.6 Å². The maximum Gasteiger partial charge on any atom is 0.132 e. The zero-order chi connectivity index (χ0) is 18.9. The van der Waals surface area contributed by atoms with Gasteiger partial charge in [0.05, 0.1) is 0 Å². The Bertz CT molecular complexity index is 797. The molecule has 0 unspecified atom stereocenters. The van der Waals surface area contributed by atoms with Gasteiger partial charge in [-0.1, -0.05) is 25.1 Å². The Kier molecular flexibility index (Phi) is 5.04. The largest absolute Gasteiger partial charge is 0.487 e. The van der Waals surface area contributed by atoms with E-state index in [4.69, 9.17) is 4.74 Å². The standard InChI is InChI=1S/C22H30N4O/c1-4-18-12-20(25-15-24-18)26-10-8-19(9-11-26)23-14-17-7-5-6-16-13-22(2,3)27-21(16)17/h5-7,12,15,19,23H,4,8-11,13-14H2,1-3H3. The minimum Gasteiger partial charge on any atom is -0.487 e. The summed E-state index contributed by atoms with van der Waals surface area (Å²) in [7, 11) is 0. The second-order valence-electron chi connectivity index (χ2n) is 8.31. The number of hydrogen-bond donors (Lipinski definition) is 1. The minimum absolute atomic E-state index is 0.0847. The summed E-state index contributed by atoms with van der Waals surface area (Å²) >= 11 is 0. The molecular weight excluding hydrogens is 336 g/mol. The SMILES string of the molecule is CCc1cc(N2CCC(NCc3cccc4c3OC(C)(C)C4)CC2)ncn1. The number of nitrogens with one attached hydrogen (secondary N) is 1. The molecule has 1 saturated heterocycles. The lowest BCUT2D eigenvalue weighted by Crippen LogP contribution is -2.42. The molecule has 0 amide bonds. The van der Waals surface area contributed by atoms with Crippen LogP contribution >= 0.6 is 0 Å². The molecule has 2 aliphatic rings. The molecule has 1 fully saturated rings. The molecule has 0 bridgehead atoms. The molecule has 144 valence electrons. The molecule has 1 aromatic heterocycles. The van der Waals surface area contributed by atoms with Gasteiger partial charge in [0.25, 0.3) is 0 Å². The van der Waals surface area contributed by atoms with E-state index in [9.17, 15) is 0 Å². The van der Waals surface area contributed by atoms with Gasteiger partial charge in [-0.3, -0.25) is 0 Å². The number of ether oxygens (including phenoxy) is 1. The predicted octanol–water partition coefficient (Wildman–Crippen LogP) is 3.51. The van der Waals surface area contributed by atoms with Gasteiger partial charge in [-0.2, -0.15) is 0 Å². The average Bonchev–Trinajstić information content (AvgIpc) is 3.01. The van der Waals surface area contributed by atoms with Gasteiger partial charge in [-0.05, 0) is 38.7 Å². The van der Waals surface area contributed by atoms with E-state index in [0.29, 0.717) is 6.04 Å². The Morgan fingerprint density at radius 1 is 1.22 bits per heavy atom. The molecule has 0 radical (unpaired) electrons. The van der Waals surface area contributed by atoms with E-state index in [2.05, 4.69) is 65.2 Å². The minimum atomic E-state index is -0.0847. The second kappa shape index (κ2) is 7.47. The van der Waals surface area contributed by atoms with Crippen molar-refractivity contribution in [3.8, 4) is 5.75 Å². The highest BCUT2D eigenvalue weighted by molar-refractivity contribution is 5.45. The van der Waals surface area contributed by atoms with Crippen molar-refractivity contribution in [3.63, 3.8) is 0 Å². The molecule has 4 rings (SSSR count). The first-order chi connectivity index (χ1) is 13.0. The summed E-state index contributed by atoms with van der Waals surface area (Å²) in [5.74, 6) is 2.16. The van der Waals surface area contributed by atoms with Gasteiger partial charge in [-0.15, -0.1) is 0 Å². The zero-order valence-electron chi connectivity index (χ0n) is 16.7. The number of fused-ring (bicyclic) bond motifs is 1. The van der Waals surface area contributed by atoms with Crippen molar-refractivity contribution in [1.29, 1.82) is 0 Å². The van der Waals surface area contributed by atoms with Crippen LogP contribution < -0.4 is 15.0 Å². The van der Waals surface area contributed by atoms with Crippen LogP contribution in [0, 0.1) is 0 Å². The number of anilines is 1. The normalized spacial score (nSPS) is 19.0. The van der Waals surface area contributed by atoms with Crippen LogP contribution in [-0.4, -0.2) is 34.7 Å². The Morgan fingerprint density at radius 3 is 2.81 bits per heavy atom. The molecular formula is C22H30N4O. The van der Waals surface area contributed by atoms with Crippen molar-refractivity contribution >= 4 is 5.82 Å². The smallest absolute Gasteiger partial charge is 0.132 e. The van der Waals surface area contributed by atoms with Crippen molar-refractivity contribution in [3.05, 3.63) is 47.4 Å². The number of nitrogens with zero attached hydrogens (tertiary/aromatic N) is 3. The number of aryl methyl sites for hydroxylation is 1. The Morgan fingerprint density at radius 2 is 2.04 bits per heavy atom. The Labute approximate surface area is 162 Å². The first kappa shape index (κ1) is 18.2. The van der Waals surface area contributed by atoms with Gasteiger partial charge in [0, 0.05) is 49.4 Å². The quantitative estimate of drug-likeness (QED) is 0.877. The highest BCUT2D eigenvalue weighted by Gasteiger charge is 2.31. The van der Waals surface area contributed by atoms with E-state index in [1.54, 1.807) is 6.33 Å². The van der Waals surface area contributed by atoms with E-state index in [1.165, 1.54) is 11.1 Å². The Hall–Kier alpha value is -2.14. The lowest BCUT2D eigenvalue weighted by atomic mass is 10.00. The third kappa shape index (κ3) is 4.08. The molecule has 0 saturated carbocycles. The van der Waals surface area contributed by atoms with Crippen molar-refractivity contribution in [2.75, 3.05) is 18.0 Å². The molecule has 0 atom stereocenters. The van der Waals surface area contributed by atoms with Crippen LogP contribution in [0.4, 0.5) is 5.82 Å². The van der Waals surface area contributed by atoms with Crippen molar-refractivity contribution in [1.82, 2.24) is 15.3 Å². The molecule has 27 heavy (non-hydrogen) atoms. The van der Waals surface area contributed by atoms with Crippen LogP contribution in [0.2, 0.25) is 0 Å². The van der Waals surface area contributed by atoms with Crippen molar-refractivity contribution in [2.24, 2.45) is 0 Å². The fourth-order valence-corrected chi connectivity index (χ4v) is 4.14. The van der Waals surface area contributed by atoms with Gasteiger partial charge in [0.15, 0.2) is 0 Å². The molecule has 3 heterocycles. The summed E-state index contributed by atoms with van der Waals surface area (Å²) < 4.78 is 6.20. The summed E-state index contributed by atoms with van der Waals surface area (Å²) in [6.45, 7) is 9.40. The van der Waals surface area contributed by atoms with Crippen LogP contribution in [0.15, 0.2) is 30.6 Å². The van der Waals surface area contributed by atoms with Gasteiger partial charge in [-0.25, -0.2) is 9.97 Å². The number of benzene rings is 1. The van der Waals surface area contributed by atoms with Crippen LogP contribution in [0.5, 0.6) is 5.75 Å². The first-order valence-corrected chi connectivity index (χ1v) is 10.1. The van der Waals surface area contributed by atoms with Crippen LogP contribution in [0.1, 0.15) is 50.4 Å². The summed E-state index contributed by atoms with van der Waals surface area (Å²) in [5.41, 5.74) is 3.65. The van der Waals surface area contributed by atoms with E-state index in [-0.39, 0.29) is 5.60 Å². The average molecular weight is 367 g/mol. The molecule has 1 aromatic carbocycles. The fourth-order valence-electron chi connectivity index (χ4n) is 4.14. The number of hydrogen-bond acceptors (Lipinski definition) is 5. The highest BCUT2D eigenvalue weighted by atomic mass is 16.5. The third-order valence-corrected chi connectivity index (χ3v) is 5.64. The number of aromatic nitrogens is 2. The highest BCUT2D eigenvalue weighted by Crippen LogP contribution is 2.37. The molecule has 5 nitrogen and oxygen atoms in total. The molecule has 0 spiro atoms. The maximum absolute atomic E-state index is 6.20. The third-order valence-electron chi connectivity index (χ3n) is 5.64. The molecule has 5 heteroatoms. The van der Waals surface area contributed by atoms with Gasteiger partial charge < -0.3 is 15.0 Å². The number of para-hydroxylation sites is 1. The molecule has 0 aliphatic carbocycles.